The van der Waals surface area contributed by atoms with E-state index in [1.165, 1.54) is 36.9 Å². The second-order valence-corrected chi connectivity index (χ2v) is 6.52. The van der Waals surface area contributed by atoms with Crippen LogP contribution in [0.3, 0.4) is 0 Å². The van der Waals surface area contributed by atoms with Gasteiger partial charge in [0, 0.05) is 25.2 Å². The van der Waals surface area contributed by atoms with Gasteiger partial charge in [-0.05, 0) is 50.3 Å². The van der Waals surface area contributed by atoms with E-state index in [4.69, 9.17) is 4.74 Å². The highest BCUT2D eigenvalue weighted by atomic mass is 16.5. The molecule has 124 valence electrons. The van der Waals surface area contributed by atoms with Crippen LogP contribution in [-0.2, 0) is 6.54 Å². The fraction of sp³-hybridized carbons (Fsp3) is 0.684. The first-order valence-corrected chi connectivity index (χ1v) is 8.91. The van der Waals surface area contributed by atoms with E-state index >= 15 is 0 Å². The molecule has 1 N–H and O–H groups in total. The molecule has 1 aliphatic heterocycles. The van der Waals surface area contributed by atoms with Gasteiger partial charge in [0.25, 0.3) is 0 Å². The minimum absolute atomic E-state index is 0.502. The van der Waals surface area contributed by atoms with Crippen LogP contribution in [0.1, 0.15) is 58.9 Å². The number of rotatable bonds is 7. The van der Waals surface area contributed by atoms with Crippen LogP contribution in [-0.4, -0.2) is 25.2 Å². The number of piperidine rings is 1. The summed E-state index contributed by atoms with van der Waals surface area (Å²) >= 11 is 0. The molecule has 1 unspecified atom stereocenters. The Morgan fingerprint density at radius 2 is 2.09 bits per heavy atom. The summed E-state index contributed by atoms with van der Waals surface area (Å²) < 4.78 is 5.96. The Labute approximate surface area is 136 Å². The maximum absolute atomic E-state index is 5.96. The molecule has 0 saturated carbocycles. The van der Waals surface area contributed by atoms with Crippen molar-refractivity contribution in [2.24, 2.45) is 0 Å². The van der Waals surface area contributed by atoms with Gasteiger partial charge in [0.15, 0.2) is 0 Å². The van der Waals surface area contributed by atoms with Gasteiger partial charge in [0.2, 0.25) is 0 Å². The third kappa shape index (κ3) is 4.39. The molecular weight excluding hydrogens is 272 g/mol. The van der Waals surface area contributed by atoms with Crippen molar-refractivity contribution in [1.82, 2.24) is 5.32 Å². The van der Waals surface area contributed by atoms with Crippen molar-refractivity contribution >= 4 is 5.69 Å². The third-order valence-electron chi connectivity index (χ3n) is 4.45. The van der Waals surface area contributed by atoms with Crippen LogP contribution < -0.4 is 15.0 Å². The second-order valence-electron chi connectivity index (χ2n) is 6.52. The highest BCUT2D eigenvalue weighted by Crippen LogP contribution is 2.35. The Balaban J connectivity index is 2.21. The SMILES string of the molecule is CCOc1cc(CNC(C)C)ccc1N1CCCCC1CC. The Kier molecular flexibility index (Phi) is 6.56. The lowest BCUT2D eigenvalue weighted by Gasteiger charge is -2.38. The van der Waals surface area contributed by atoms with Crippen molar-refractivity contribution in [1.29, 1.82) is 0 Å². The Morgan fingerprint density at radius 1 is 1.27 bits per heavy atom. The number of hydrogen-bond donors (Lipinski definition) is 1. The molecule has 0 bridgehead atoms. The van der Waals surface area contributed by atoms with Gasteiger partial charge >= 0.3 is 0 Å². The number of benzene rings is 1. The second kappa shape index (κ2) is 8.42. The normalized spacial score (nSPS) is 18.8. The zero-order chi connectivity index (χ0) is 15.9. The molecule has 0 aromatic heterocycles. The Hall–Kier alpha value is -1.22. The minimum atomic E-state index is 0.502. The molecule has 2 rings (SSSR count). The molecular formula is C19H32N2O. The maximum atomic E-state index is 5.96. The molecule has 1 aromatic carbocycles. The largest absolute Gasteiger partial charge is 0.492 e. The van der Waals surface area contributed by atoms with Gasteiger partial charge < -0.3 is 15.0 Å². The molecule has 1 heterocycles. The smallest absolute Gasteiger partial charge is 0.142 e. The van der Waals surface area contributed by atoms with Crippen LogP contribution in [0.25, 0.3) is 0 Å². The molecule has 3 nitrogen and oxygen atoms in total. The van der Waals surface area contributed by atoms with E-state index in [1.807, 2.05) is 0 Å². The first-order chi connectivity index (χ1) is 10.7. The quantitative estimate of drug-likeness (QED) is 0.810. The summed E-state index contributed by atoms with van der Waals surface area (Å²) in [7, 11) is 0. The lowest BCUT2D eigenvalue weighted by Crippen LogP contribution is -2.39. The van der Waals surface area contributed by atoms with Crippen LogP contribution in [0.15, 0.2) is 18.2 Å². The molecule has 0 amide bonds. The summed E-state index contributed by atoms with van der Waals surface area (Å²) in [6, 6.07) is 7.88. The van der Waals surface area contributed by atoms with E-state index < -0.39 is 0 Å². The lowest BCUT2D eigenvalue weighted by atomic mass is 9.98. The van der Waals surface area contributed by atoms with Crippen molar-refractivity contribution < 1.29 is 4.74 Å². The number of anilines is 1. The van der Waals surface area contributed by atoms with Gasteiger partial charge in [-0.2, -0.15) is 0 Å². The van der Waals surface area contributed by atoms with E-state index in [0.717, 1.165) is 25.4 Å². The summed E-state index contributed by atoms with van der Waals surface area (Å²) in [5.74, 6) is 1.05. The highest BCUT2D eigenvalue weighted by molar-refractivity contribution is 5.60. The Bertz CT molecular complexity index is 459. The van der Waals surface area contributed by atoms with Crippen molar-refractivity contribution in [2.75, 3.05) is 18.1 Å². The molecule has 3 heteroatoms. The van der Waals surface area contributed by atoms with E-state index in [9.17, 15) is 0 Å². The third-order valence-corrected chi connectivity index (χ3v) is 4.45. The zero-order valence-electron chi connectivity index (χ0n) is 14.7. The van der Waals surface area contributed by atoms with E-state index in [-0.39, 0.29) is 0 Å². The van der Waals surface area contributed by atoms with E-state index in [2.05, 4.69) is 56.1 Å². The first kappa shape index (κ1) is 17.1. The first-order valence-electron chi connectivity index (χ1n) is 8.91. The standard InChI is InChI=1S/C19H32N2O/c1-5-17-9-7-8-12-21(17)18-11-10-16(14-20-15(3)4)13-19(18)22-6-2/h10-11,13,15,17,20H,5-9,12,14H2,1-4H3. The predicted octanol–water partition coefficient (Wildman–Crippen LogP) is 4.35. The maximum Gasteiger partial charge on any atom is 0.142 e. The average molecular weight is 304 g/mol. The van der Waals surface area contributed by atoms with E-state index in [0.29, 0.717) is 12.1 Å². The summed E-state index contributed by atoms with van der Waals surface area (Å²) in [6.07, 6.45) is 5.16. The number of nitrogens with one attached hydrogen (secondary N) is 1. The van der Waals surface area contributed by atoms with Crippen LogP contribution in [0.5, 0.6) is 5.75 Å². The topological polar surface area (TPSA) is 24.5 Å². The van der Waals surface area contributed by atoms with Crippen molar-refractivity contribution in [3.8, 4) is 5.75 Å². The van der Waals surface area contributed by atoms with Crippen LogP contribution in [0, 0.1) is 0 Å². The minimum Gasteiger partial charge on any atom is -0.492 e. The van der Waals surface area contributed by atoms with Gasteiger partial charge in [-0.1, -0.05) is 26.8 Å². The van der Waals surface area contributed by atoms with Gasteiger partial charge in [0.05, 0.1) is 12.3 Å². The molecule has 1 saturated heterocycles. The molecule has 1 fully saturated rings. The Morgan fingerprint density at radius 3 is 2.77 bits per heavy atom. The number of ether oxygens (including phenoxy) is 1. The molecule has 1 aromatic rings. The van der Waals surface area contributed by atoms with Gasteiger partial charge in [-0.15, -0.1) is 0 Å². The molecule has 1 aliphatic rings. The van der Waals surface area contributed by atoms with Gasteiger partial charge in [0.1, 0.15) is 5.75 Å². The van der Waals surface area contributed by atoms with Gasteiger partial charge in [-0.25, -0.2) is 0 Å². The average Bonchev–Trinajstić information content (AvgIpc) is 2.53. The fourth-order valence-corrected chi connectivity index (χ4v) is 3.24. The molecule has 22 heavy (non-hydrogen) atoms. The summed E-state index contributed by atoms with van der Waals surface area (Å²) in [5.41, 5.74) is 2.58. The summed E-state index contributed by atoms with van der Waals surface area (Å²) in [6.45, 7) is 11.5. The van der Waals surface area contributed by atoms with Crippen LogP contribution in [0.4, 0.5) is 5.69 Å². The lowest BCUT2D eigenvalue weighted by molar-refractivity contribution is 0.336. The number of hydrogen-bond acceptors (Lipinski definition) is 3. The molecule has 1 atom stereocenters. The van der Waals surface area contributed by atoms with Crippen LogP contribution in [0.2, 0.25) is 0 Å². The van der Waals surface area contributed by atoms with Crippen molar-refractivity contribution in [3.05, 3.63) is 23.8 Å². The zero-order valence-corrected chi connectivity index (χ0v) is 14.7. The predicted molar refractivity (Wildman–Crippen MR) is 94.9 cm³/mol. The fourth-order valence-electron chi connectivity index (χ4n) is 3.24. The monoisotopic (exact) mass is 304 g/mol. The highest BCUT2D eigenvalue weighted by Gasteiger charge is 2.23. The molecule has 0 radical (unpaired) electrons. The van der Waals surface area contributed by atoms with Crippen molar-refractivity contribution in [2.45, 2.75) is 72.0 Å². The van der Waals surface area contributed by atoms with Crippen molar-refractivity contribution in [3.63, 3.8) is 0 Å². The number of nitrogens with zero attached hydrogens (tertiary/aromatic N) is 1. The van der Waals surface area contributed by atoms with Crippen LogP contribution >= 0.6 is 0 Å². The summed E-state index contributed by atoms with van der Waals surface area (Å²) in [4.78, 5) is 2.56. The van der Waals surface area contributed by atoms with E-state index in [1.54, 1.807) is 0 Å². The summed E-state index contributed by atoms with van der Waals surface area (Å²) in [5, 5.41) is 3.48. The van der Waals surface area contributed by atoms with Gasteiger partial charge in [-0.3, -0.25) is 0 Å². The molecule has 0 spiro atoms. The molecule has 0 aliphatic carbocycles.